The zero-order valence-electron chi connectivity index (χ0n) is 12.4. The van der Waals surface area contributed by atoms with Crippen molar-refractivity contribution in [2.75, 3.05) is 4.90 Å². The average molecular weight is 314 g/mol. The van der Waals surface area contributed by atoms with Crippen LogP contribution in [0, 0.1) is 11.3 Å². The van der Waals surface area contributed by atoms with E-state index in [0.717, 1.165) is 17.1 Å². The number of hydrogen-bond acceptors (Lipinski definition) is 7. The number of fused-ring (bicyclic) bond motifs is 1. The van der Waals surface area contributed by atoms with E-state index in [9.17, 15) is 0 Å². The number of aromatic nitrogens is 4. The van der Waals surface area contributed by atoms with Crippen LogP contribution in [0.4, 0.5) is 17.1 Å². The molecule has 0 radical (unpaired) electrons. The third kappa shape index (κ3) is 2.42. The molecule has 4 rings (SSSR count). The minimum absolute atomic E-state index is 0.596. The highest BCUT2D eigenvalue weighted by molar-refractivity contribution is 5.84. The highest BCUT2D eigenvalue weighted by atomic mass is 16.6. The van der Waals surface area contributed by atoms with Crippen LogP contribution in [0.2, 0.25) is 0 Å². The SMILES string of the molecule is N#Cc1ccc(N(c2cncnc2)c2ccc3nonc3c2)cc1. The molecule has 0 N–H and O–H groups in total. The zero-order valence-corrected chi connectivity index (χ0v) is 12.4. The Morgan fingerprint density at radius 2 is 1.54 bits per heavy atom. The van der Waals surface area contributed by atoms with Gasteiger partial charge in [-0.25, -0.2) is 14.6 Å². The fraction of sp³-hybridized carbons (Fsp3) is 0. The Bertz CT molecular complexity index is 1020. The van der Waals surface area contributed by atoms with E-state index < -0.39 is 0 Å². The Kier molecular flexibility index (Phi) is 3.33. The number of benzene rings is 2. The van der Waals surface area contributed by atoms with Gasteiger partial charge in [0.15, 0.2) is 0 Å². The molecule has 0 fully saturated rings. The molecule has 0 aliphatic heterocycles. The molecular formula is C17H10N6O. The summed E-state index contributed by atoms with van der Waals surface area (Å²) in [6, 6.07) is 15.0. The van der Waals surface area contributed by atoms with Gasteiger partial charge < -0.3 is 4.90 Å². The molecule has 0 saturated heterocycles. The maximum atomic E-state index is 8.99. The van der Waals surface area contributed by atoms with Gasteiger partial charge in [-0.2, -0.15) is 5.26 Å². The first kappa shape index (κ1) is 13.8. The predicted octanol–water partition coefficient (Wildman–Crippen LogP) is 3.35. The van der Waals surface area contributed by atoms with Gasteiger partial charge in [0.1, 0.15) is 17.4 Å². The normalized spacial score (nSPS) is 10.5. The van der Waals surface area contributed by atoms with Gasteiger partial charge in [0.2, 0.25) is 0 Å². The second-order valence-corrected chi connectivity index (χ2v) is 5.03. The van der Waals surface area contributed by atoms with Crippen LogP contribution < -0.4 is 4.90 Å². The van der Waals surface area contributed by atoms with Gasteiger partial charge in [-0.3, -0.25) is 0 Å². The fourth-order valence-corrected chi connectivity index (χ4v) is 2.45. The summed E-state index contributed by atoms with van der Waals surface area (Å²) in [6.07, 6.45) is 4.91. The highest BCUT2D eigenvalue weighted by Crippen LogP contribution is 2.34. The molecule has 0 amide bonds. The van der Waals surface area contributed by atoms with Crippen LogP contribution >= 0.6 is 0 Å². The lowest BCUT2D eigenvalue weighted by atomic mass is 10.1. The van der Waals surface area contributed by atoms with Crippen molar-refractivity contribution in [1.82, 2.24) is 20.3 Å². The molecule has 7 heteroatoms. The lowest BCUT2D eigenvalue weighted by molar-refractivity contribution is 0.315. The van der Waals surface area contributed by atoms with Crippen molar-refractivity contribution in [1.29, 1.82) is 5.26 Å². The summed E-state index contributed by atoms with van der Waals surface area (Å²) in [4.78, 5) is 10.1. The van der Waals surface area contributed by atoms with Crippen LogP contribution in [0.3, 0.4) is 0 Å². The fourth-order valence-electron chi connectivity index (χ4n) is 2.45. The summed E-state index contributed by atoms with van der Waals surface area (Å²) in [6.45, 7) is 0. The van der Waals surface area contributed by atoms with Gasteiger partial charge in [-0.05, 0) is 52.8 Å². The van der Waals surface area contributed by atoms with Crippen molar-refractivity contribution in [3.05, 3.63) is 66.7 Å². The minimum Gasteiger partial charge on any atom is -0.307 e. The topological polar surface area (TPSA) is 91.7 Å². The molecule has 0 bridgehead atoms. The van der Waals surface area contributed by atoms with E-state index >= 15 is 0 Å². The molecule has 7 nitrogen and oxygen atoms in total. The van der Waals surface area contributed by atoms with Gasteiger partial charge in [-0.1, -0.05) is 0 Å². The number of anilines is 3. The average Bonchev–Trinajstić information content (AvgIpc) is 3.11. The Morgan fingerprint density at radius 1 is 0.833 bits per heavy atom. The Balaban J connectivity index is 1.87. The minimum atomic E-state index is 0.596. The third-order valence-corrected chi connectivity index (χ3v) is 3.56. The van der Waals surface area contributed by atoms with Crippen molar-refractivity contribution in [2.45, 2.75) is 0 Å². The van der Waals surface area contributed by atoms with Crippen molar-refractivity contribution in [2.24, 2.45) is 0 Å². The smallest absolute Gasteiger partial charge is 0.137 e. The summed E-state index contributed by atoms with van der Waals surface area (Å²) >= 11 is 0. The Morgan fingerprint density at radius 3 is 2.29 bits per heavy atom. The molecule has 4 aromatic rings. The van der Waals surface area contributed by atoms with Crippen LogP contribution in [-0.2, 0) is 0 Å². The molecule has 2 heterocycles. The van der Waals surface area contributed by atoms with Gasteiger partial charge in [0.05, 0.1) is 29.7 Å². The number of nitriles is 1. The maximum Gasteiger partial charge on any atom is 0.137 e. The van der Waals surface area contributed by atoms with Crippen molar-refractivity contribution in [3.63, 3.8) is 0 Å². The first-order chi connectivity index (χ1) is 11.8. The van der Waals surface area contributed by atoms with E-state index in [0.29, 0.717) is 16.6 Å². The quantitative estimate of drug-likeness (QED) is 0.572. The van der Waals surface area contributed by atoms with E-state index in [1.165, 1.54) is 6.33 Å². The first-order valence-electron chi connectivity index (χ1n) is 7.13. The Hall–Kier alpha value is -3.79. The van der Waals surface area contributed by atoms with Gasteiger partial charge in [0.25, 0.3) is 0 Å². The van der Waals surface area contributed by atoms with Crippen molar-refractivity contribution >= 4 is 28.1 Å². The van der Waals surface area contributed by atoms with Gasteiger partial charge in [0, 0.05) is 11.4 Å². The van der Waals surface area contributed by atoms with Crippen LogP contribution in [0.1, 0.15) is 5.56 Å². The summed E-state index contributed by atoms with van der Waals surface area (Å²) in [5.41, 5.74) is 4.46. The molecule has 0 aliphatic carbocycles. The summed E-state index contributed by atoms with van der Waals surface area (Å²) in [7, 11) is 0. The predicted molar refractivity (Wildman–Crippen MR) is 86.8 cm³/mol. The number of nitrogens with zero attached hydrogens (tertiary/aromatic N) is 6. The summed E-state index contributed by atoms with van der Waals surface area (Å²) in [5, 5.41) is 16.7. The molecule has 0 spiro atoms. The van der Waals surface area contributed by atoms with Gasteiger partial charge in [-0.15, -0.1) is 0 Å². The summed E-state index contributed by atoms with van der Waals surface area (Å²) in [5.74, 6) is 0. The molecular weight excluding hydrogens is 304 g/mol. The summed E-state index contributed by atoms with van der Waals surface area (Å²) < 4.78 is 4.76. The Labute approximate surface area is 136 Å². The van der Waals surface area contributed by atoms with E-state index in [1.807, 2.05) is 35.2 Å². The lowest BCUT2D eigenvalue weighted by Gasteiger charge is -2.24. The van der Waals surface area contributed by atoms with E-state index in [2.05, 4.69) is 26.4 Å². The van der Waals surface area contributed by atoms with Crippen molar-refractivity contribution in [3.8, 4) is 6.07 Å². The first-order valence-corrected chi connectivity index (χ1v) is 7.13. The second-order valence-electron chi connectivity index (χ2n) is 5.03. The standard InChI is InChI=1S/C17H10N6O/c18-8-12-1-3-13(4-2-12)23(15-9-19-11-20-10-15)14-5-6-16-17(7-14)22-24-21-16/h1-7,9-11H. The lowest BCUT2D eigenvalue weighted by Crippen LogP contribution is -2.10. The van der Waals surface area contributed by atoms with Crippen LogP contribution in [-0.4, -0.2) is 20.3 Å². The maximum absolute atomic E-state index is 8.99. The van der Waals surface area contributed by atoms with E-state index in [4.69, 9.17) is 9.89 Å². The second kappa shape index (κ2) is 5.78. The van der Waals surface area contributed by atoms with Crippen LogP contribution in [0.25, 0.3) is 11.0 Å². The van der Waals surface area contributed by atoms with Crippen LogP contribution in [0.15, 0.2) is 65.8 Å². The number of rotatable bonds is 3. The molecule has 0 unspecified atom stereocenters. The number of hydrogen-bond donors (Lipinski definition) is 0. The molecule has 0 aliphatic rings. The molecule has 2 aromatic carbocycles. The van der Waals surface area contributed by atoms with Gasteiger partial charge >= 0.3 is 0 Å². The molecule has 24 heavy (non-hydrogen) atoms. The molecule has 0 saturated carbocycles. The molecule has 2 aromatic heterocycles. The van der Waals surface area contributed by atoms with E-state index in [1.54, 1.807) is 24.5 Å². The van der Waals surface area contributed by atoms with Crippen LogP contribution in [0.5, 0.6) is 0 Å². The highest BCUT2D eigenvalue weighted by Gasteiger charge is 2.14. The third-order valence-electron chi connectivity index (χ3n) is 3.56. The largest absolute Gasteiger partial charge is 0.307 e. The van der Waals surface area contributed by atoms with E-state index in [-0.39, 0.29) is 0 Å². The van der Waals surface area contributed by atoms with Crippen molar-refractivity contribution < 1.29 is 4.63 Å². The monoisotopic (exact) mass is 314 g/mol. The zero-order chi connectivity index (χ0) is 16.4. The molecule has 0 atom stereocenters. The molecule has 114 valence electrons.